The van der Waals surface area contributed by atoms with Crippen molar-refractivity contribution in [2.24, 2.45) is 0 Å². The minimum Gasteiger partial charge on any atom is -0.467 e. The maximum Gasteiger partial charge on any atom is 0.230 e. The van der Waals surface area contributed by atoms with Crippen molar-refractivity contribution in [3.8, 4) is 11.4 Å². The molecule has 0 fully saturated rings. The Bertz CT molecular complexity index is 890. The number of nitrogens with one attached hydrogen (secondary N) is 1. The summed E-state index contributed by atoms with van der Waals surface area (Å²) < 4.78 is 7.52. The molecule has 28 heavy (non-hydrogen) atoms. The van der Waals surface area contributed by atoms with Crippen molar-refractivity contribution in [3.63, 3.8) is 0 Å². The van der Waals surface area contributed by atoms with Crippen LogP contribution in [0.2, 0.25) is 0 Å². The van der Waals surface area contributed by atoms with E-state index in [1.807, 2.05) is 28.8 Å². The number of hydrogen-bond donors (Lipinski definition) is 1. The number of amides is 1. The molecule has 3 rings (SSSR count). The van der Waals surface area contributed by atoms with Gasteiger partial charge in [-0.3, -0.25) is 9.36 Å². The van der Waals surface area contributed by atoms with E-state index >= 15 is 0 Å². The van der Waals surface area contributed by atoms with Gasteiger partial charge < -0.3 is 9.73 Å². The number of nitrogens with zero attached hydrogens (tertiary/aromatic N) is 3. The van der Waals surface area contributed by atoms with Gasteiger partial charge in [0.05, 0.1) is 18.6 Å². The summed E-state index contributed by atoms with van der Waals surface area (Å²) >= 11 is 1.40. The van der Waals surface area contributed by atoms with Crippen LogP contribution in [0.25, 0.3) is 11.4 Å². The van der Waals surface area contributed by atoms with Gasteiger partial charge in [0.2, 0.25) is 5.91 Å². The molecule has 1 N–H and O–H groups in total. The van der Waals surface area contributed by atoms with Crippen molar-refractivity contribution in [2.45, 2.75) is 44.8 Å². The molecular formula is C21H26N4O2S. The van der Waals surface area contributed by atoms with Crippen LogP contribution in [-0.2, 0) is 11.3 Å². The molecule has 6 nitrogen and oxygen atoms in total. The quantitative estimate of drug-likeness (QED) is 0.407. The van der Waals surface area contributed by atoms with Crippen LogP contribution in [0.15, 0.2) is 52.2 Å². The minimum atomic E-state index is 0.0192. The van der Waals surface area contributed by atoms with E-state index in [1.54, 1.807) is 6.26 Å². The highest BCUT2D eigenvalue weighted by atomic mass is 32.2. The van der Waals surface area contributed by atoms with Crippen LogP contribution in [0, 0.1) is 6.92 Å². The summed E-state index contributed by atoms with van der Waals surface area (Å²) in [7, 11) is 0. The Labute approximate surface area is 169 Å². The van der Waals surface area contributed by atoms with E-state index in [0.717, 1.165) is 48.5 Å². The fraction of sp³-hybridized carbons (Fsp3) is 0.381. The molecule has 148 valence electrons. The molecule has 2 heterocycles. The van der Waals surface area contributed by atoms with Crippen molar-refractivity contribution in [1.29, 1.82) is 0 Å². The van der Waals surface area contributed by atoms with E-state index in [1.165, 1.54) is 11.8 Å². The Hall–Kier alpha value is -2.54. The third-order valence-electron chi connectivity index (χ3n) is 4.32. The SMILES string of the molecule is CCCCCNC(=O)CSc1nnc(-c2cccc(C)c2)n1Cc1ccco1. The molecule has 0 atom stereocenters. The summed E-state index contributed by atoms with van der Waals surface area (Å²) in [6, 6.07) is 11.9. The van der Waals surface area contributed by atoms with Crippen LogP contribution in [0.3, 0.4) is 0 Å². The molecule has 2 aromatic heterocycles. The number of hydrogen-bond acceptors (Lipinski definition) is 5. The number of aryl methyl sites for hydroxylation is 1. The Kier molecular flexibility index (Phi) is 7.31. The number of rotatable bonds is 10. The van der Waals surface area contributed by atoms with Crippen LogP contribution in [0.5, 0.6) is 0 Å². The normalized spacial score (nSPS) is 10.9. The number of carbonyl (C=O) groups is 1. The molecule has 0 bridgehead atoms. The number of unbranched alkanes of at least 4 members (excludes halogenated alkanes) is 2. The van der Waals surface area contributed by atoms with Crippen LogP contribution in [0.1, 0.15) is 37.5 Å². The van der Waals surface area contributed by atoms with Gasteiger partial charge in [0, 0.05) is 12.1 Å². The lowest BCUT2D eigenvalue weighted by molar-refractivity contribution is -0.118. The van der Waals surface area contributed by atoms with Gasteiger partial charge in [-0.2, -0.15) is 0 Å². The number of thioether (sulfide) groups is 1. The summed E-state index contributed by atoms with van der Waals surface area (Å²) in [4.78, 5) is 12.1. The highest BCUT2D eigenvalue weighted by Crippen LogP contribution is 2.25. The topological polar surface area (TPSA) is 73.0 Å². The van der Waals surface area contributed by atoms with E-state index < -0.39 is 0 Å². The first-order valence-electron chi connectivity index (χ1n) is 9.59. The Morgan fingerprint density at radius 3 is 2.86 bits per heavy atom. The molecule has 7 heteroatoms. The number of benzene rings is 1. The summed E-state index contributed by atoms with van der Waals surface area (Å²) in [6.45, 7) is 5.44. The van der Waals surface area contributed by atoms with Crippen molar-refractivity contribution in [1.82, 2.24) is 20.1 Å². The third-order valence-corrected chi connectivity index (χ3v) is 5.29. The molecule has 0 aliphatic heterocycles. The molecule has 0 saturated heterocycles. The predicted octanol–water partition coefficient (Wildman–Crippen LogP) is 4.29. The van der Waals surface area contributed by atoms with E-state index in [4.69, 9.17) is 4.42 Å². The molecule has 1 amide bonds. The first-order chi connectivity index (χ1) is 13.7. The molecule has 0 spiro atoms. The molecule has 0 unspecified atom stereocenters. The van der Waals surface area contributed by atoms with Crippen LogP contribution < -0.4 is 5.32 Å². The molecule has 3 aromatic rings. The van der Waals surface area contributed by atoms with Gasteiger partial charge in [0.25, 0.3) is 0 Å². The average molecular weight is 399 g/mol. The van der Waals surface area contributed by atoms with E-state index in [0.29, 0.717) is 17.5 Å². The largest absolute Gasteiger partial charge is 0.467 e. The number of carbonyl (C=O) groups excluding carboxylic acids is 1. The highest BCUT2D eigenvalue weighted by Gasteiger charge is 2.17. The lowest BCUT2D eigenvalue weighted by atomic mass is 10.1. The summed E-state index contributed by atoms with van der Waals surface area (Å²) in [5.41, 5.74) is 2.15. The summed E-state index contributed by atoms with van der Waals surface area (Å²) in [5, 5.41) is 12.4. The first-order valence-corrected chi connectivity index (χ1v) is 10.6. The van der Waals surface area contributed by atoms with Gasteiger partial charge in [-0.25, -0.2) is 0 Å². The fourth-order valence-electron chi connectivity index (χ4n) is 2.88. The summed E-state index contributed by atoms with van der Waals surface area (Å²) in [6.07, 6.45) is 4.94. The number of furan rings is 1. The standard InChI is InChI=1S/C21H26N4O2S/c1-3-4-5-11-22-19(26)15-28-21-24-23-20(17-9-6-8-16(2)13-17)25(21)14-18-10-7-12-27-18/h6-10,12-13H,3-5,11,14-15H2,1-2H3,(H,22,26). The van der Waals surface area contributed by atoms with E-state index in [9.17, 15) is 4.79 Å². The molecule has 0 aliphatic carbocycles. The maximum atomic E-state index is 12.1. The first kappa shape index (κ1) is 20.2. The third kappa shape index (κ3) is 5.48. The molecule has 1 aromatic carbocycles. The second-order valence-corrected chi connectivity index (χ2v) is 7.63. The Morgan fingerprint density at radius 2 is 2.11 bits per heavy atom. The van der Waals surface area contributed by atoms with Gasteiger partial charge in [-0.15, -0.1) is 10.2 Å². The molecule has 0 aliphatic rings. The van der Waals surface area contributed by atoms with Crippen LogP contribution in [0.4, 0.5) is 0 Å². The molecule has 0 saturated carbocycles. The Balaban J connectivity index is 1.74. The zero-order chi connectivity index (χ0) is 19.8. The zero-order valence-electron chi connectivity index (χ0n) is 16.4. The summed E-state index contributed by atoms with van der Waals surface area (Å²) in [5.74, 6) is 1.92. The van der Waals surface area contributed by atoms with E-state index in [2.05, 4.69) is 41.5 Å². The molecule has 0 radical (unpaired) electrons. The van der Waals surface area contributed by atoms with E-state index in [-0.39, 0.29) is 5.91 Å². The van der Waals surface area contributed by atoms with Crippen LogP contribution in [-0.4, -0.2) is 33.0 Å². The van der Waals surface area contributed by atoms with Gasteiger partial charge >= 0.3 is 0 Å². The second kappa shape index (κ2) is 10.1. The van der Waals surface area contributed by atoms with Crippen molar-refractivity contribution in [2.75, 3.05) is 12.3 Å². The van der Waals surface area contributed by atoms with Gasteiger partial charge in [0.1, 0.15) is 5.76 Å². The maximum absolute atomic E-state index is 12.1. The number of aromatic nitrogens is 3. The van der Waals surface area contributed by atoms with Crippen molar-refractivity contribution in [3.05, 3.63) is 54.0 Å². The fourth-order valence-corrected chi connectivity index (χ4v) is 3.65. The van der Waals surface area contributed by atoms with Gasteiger partial charge in [0.15, 0.2) is 11.0 Å². The van der Waals surface area contributed by atoms with Gasteiger partial charge in [-0.1, -0.05) is 55.3 Å². The van der Waals surface area contributed by atoms with Crippen LogP contribution >= 0.6 is 11.8 Å². The smallest absolute Gasteiger partial charge is 0.230 e. The lowest BCUT2D eigenvalue weighted by Gasteiger charge is -2.09. The van der Waals surface area contributed by atoms with Gasteiger partial charge in [-0.05, 0) is 31.5 Å². The predicted molar refractivity (Wildman–Crippen MR) is 111 cm³/mol. The zero-order valence-corrected chi connectivity index (χ0v) is 17.2. The Morgan fingerprint density at radius 1 is 1.21 bits per heavy atom. The van der Waals surface area contributed by atoms with Crippen molar-refractivity contribution >= 4 is 17.7 Å². The monoisotopic (exact) mass is 398 g/mol. The average Bonchev–Trinajstić information content (AvgIpc) is 3.34. The van der Waals surface area contributed by atoms with Crippen molar-refractivity contribution < 1.29 is 9.21 Å². The lowest BCUT2D eigenvalue weighted by Crippen LogP contribution is -2.26. The molecular weight excluding hydrogens is 372 g/mol. The highest BCUT2D eigenvalue weighted by molar-refractivity contribution is 7.99. The minimum absolute atomic E-state index is 0.0192. The second-order valence-electron chi connectivity index (χ2n) is 6.69.